The molecule has 200 valence electrons. The number of aryl methyl sites for hydroxylation is 1. The molecule has 4 aromatic rings. The first-order valence-corrected chi connectivity index (χ1v) is 12.9. The van der Waals surface area contributed by atoms with Crippen molar-refractivity contribution in [3.05, 3.63) is 107 Å². The minimum Gasteiger partial charge on any atom is -0.495 e. The lowest BCUT2D eigenvalue weighted by atomic mass is 9.71. The molecule has 2 aliphatic rings. The van der Waals surface area contributed by atoms with E-state index in [2.05, 4.69) is 33.2 Å². The van der Waals surface area contributed by atoms with E-state index >= 15 is 0 Å². The minimum absolute atomic E-state index is 0.0706. The van der Waals surface area contributed by atoms with E-state index in [0.717, 1.165) is 24.1 Å². The molecule has 1 aliphatic heterocycles. The SMILES string of the molecule is CN(C)Cc1ccnn1C.COc1cncc2c1C1(O)CCC(c3ccccc3)C1(c1ccc(C#N)cc1)O2. The fourth-order valence-corrected chi connectivity index (χ4v) is 5.99. The molecule has 1 N–H and O–H groups in total. The Balaban J connectivity index is 0.000000261. The molecule has 3 heterocycles. The summed E-state index contributed by atoms with van der Waals surface area (Å²) in [4.78, 5) is 6.35. The van der Waals surface area contributed by atoms with Crippen LogP contribution in [0.25, 0.3) is 0 Å². The highest BCUT2D eigenvalue weighted by molar-refractivity contribution is 5.57. The summed E-state index contributed by atoms with van der Waals surface area (Å²) in [6, 6.07) is 21.6. The summed E-state index contributed by atoms with van der Waals surface area (Å²) in [5.74, 6) is 0.991. The number of pyridine rings is 1. The predicted molar refractivity (Wildman–Crippen MR) is 147 cm³/mol. The number of rotatable bonds is 5. The molecule has 0 amide bonds. The molecule has 3 unspecified atom stereocenters. The van der Waals surface area contributed by atoms with Gasteiger partial charge in [-0.1, -0.05) is 42.5 Å². The first-order chi connectivity index (χ1) is 18.8. The Kier molecular flexibility index (Phi) is 7.13. The third-order valence-corrected chi connectivity index (χ3v) is 7.73. The van der Waals surface area contributed by atoms with Crippen molar-refractivity contribution >= 4 is 0 Å². The zero-order chi connectivity index (χ0) is 27.6. The Hall–Kier alpha value is -4.19. The van der Waals surface area contributed by atoms with Crippen LogP contribution in [0.15, 0.2) is 79.3 Å². The number of hydrogen-bond donors (Lipinski definition) is 1. The van der Waals surface area contributed by atoms with Gasteiger partial charge >= 0.3 is 0 Å². The molecule has 39 heavy (non-hydrogen) atoms. The number of hydrogen-bond acceptors (Lipinski definition) is 7. The number of fused-ring (bicyclic) bond motifs is 3. The van der Waals surface area contributed by atoms with Gasteiger partial charge in [-0.3, -0.25) is 9.67 Å². The molecular formula is C31H33N5O3. The number of aromatic nitrogens is 3. The minimum atomic E-state index is -1.27. The molecule has 0 spiro atoms. The number of aliphatic hydroxyl groups is 1. The highest BCUT2D eigenvalue weighted by Crippen LogP contribution is 2.67. The van der Waals surface area contributed by atoms with Crippen LogP contribution in [0.5, 0.6) is 11.5 Å². The summed E-state index contributed by atoms with van der Waals surface area (Å²) < 4.78 is 14.0. The lowest BCUT2D eigenvalue weighted by Crippen LogP contribution is -2.48. The van der Waals surface area contributed by atoms with Gasteiger partial charge in [-0.15, -0.1) is 0 Å². The molecule has 8 nitrogen and oxygen atoms in total. The summed E-state index contributed by atoms with van der Waals surface area (Å²) in [5.41, 5.74) is 2.10. The average Bonchev–Trinajstić information content (AvgIpc) is 3.57. The van der Waals surface area contributed by atoms with Crippen molar-refractivity contribution in [2.75, 3.05) is 21.2 Å². The van der Waals surface area contributed by atoms with Gasteiger partial charge in [0.25, 0.3) is 0 Å². The lowest BCUT2D eigenvalue weighted by Gasteiger charge is -2.40. The van der Waals surface area contributed by atoms with Gasteiger partial charge in [-0.2, -0.15) is 10.4 Å². The Morgan fingerprint density at radius 2 is 1.87 bits per heavy atom. The molecule has 2 aromatic heterocycles. The standard InChI is InChI=1S/C24H20N2O3.C7H13N3/c1-28-20-14-26-15-21-22(20)23(27)12-11-19(17-5-3-2-4-6-17)24(23,29-21)18-9-7-16(13-25)8-10-18;1-9(2)6-7-4-5-8-10(7)3/h2-10,14-15,19,27H,11-12H2,1H3;4-5H,6H2,1-3H3. The first kappa shape index (κ1) is 26.4. The van der Waals surface area contributed by atoms with E-state index in [9.17, 15) is 10.4 Å². The van der Waals surface area contributed by atoms with Crippen LogP contribution in [0.4, 0.5) is 0 Å². The maximum Gasteiger partial charge on any atom is 0.174 e. The summed E-state index contributed by atoms with van der Waals surface area (Å²) in [5, 5.41) is 25.4. The van der Waals surface area contributed by atoms with Crippen molar-refractivity contribution in [3.8, 4) is 17.6 Å². The van der Waals surface area contributed by atoms with Gasteiger partial charge in [-0.25, -0.2) is 0 Å². The molecule has 6 rings (SSSR count). The van der Waals surface area contributed by atoms with E-state index in [4.69, 9.17) is 9.47 Å². The second-order valence-corrected chi connectivity index (χ2v) is 10.3. The predicted octanol–water partition coefficient (Wildman–Crippen LogP) is 4.50. The fourth-order valence-electron chi connectivity index (χ4n) is 5.99. The monoisotopic (exact) mass is 523 g/mol. The highest BCUT2D eigenvalue weighted by Gasteiger charge is 2.69. The molecule has 0 saturated heterocycles. The van der Waals surface area contributed by atoms with Crippen LogP contribution in [-0.2, 0) is 24.8 Å². The van der Waals surface area contributed by atoms with Crippen LogP contribution in [0.1, 0.15) is 46.7 Å². The average molecular weight is 524 g/mol. The van der Waals surface area contributed by atoms with Gasteiger partial charge in [0.05, 0.1) is 42.4 Å². The number of methoxy groups -OCH3 is 1. The maximum absolute atomic E-state index is 12.2. The Bertz CT molecular complexity index is 1480. The summed E-state index contributed by atoms with van der Waals surface area (Å²) in [6.07, 6.45) is 6.36. The van der Waals surface area contributed by atoms with E-state index in [1.54, 1.807) is 31.6 Å². The van der Waals surface area contributed by atoms with E-state index in [0.29, 0.717) is 29.0 Å². The Morgan fingerprint density at radius 3 is 2.49 bits per heavy atom. The quantitative estimate of drug-likeness (QED) is 0.412. The van der Waals surface area contributed by atoms with E-state index in [1.807, 2.05) is 68.4 Å². The normalized spacial score (nSPS) is 22.7. The van der Waals surface area contributed by atoms with Crippen molar-refractivity contribution in [1.29, 1.82) is 5.26 Å². The molecule has 0 bridgehead atoms. The summed E-state index contributed by atoms with van der Waals surface area (Å²) in [7, 11) is 7.63. The van der Waals surface area contributed by atoms with Crippen LogP contribution >= 0.6 is 0 Å². The van der Waals surface area contributed by atoms with Gasteiger partial charge < -0.3 is 19.5 Å². The lowest BCUT2D eigenvalue weighted by molar-refractivity contribution is -0.106. The third-order valence-electron chi connectivity index (χ3n) is 7.73. The fraction of sp³-hybridized carbons (Fsp3) is 0.323. The van der Waals surface area contributed by atoms with Crippen LogP contribution in [0, 0.1) is 11.3 Å². The zero-order valence-corrected chi connectivity index (χ0v) is 22.7. The van der Waals surface area contributed by atoms with E-state index in [-0.39, 0.29) is 5.92 Å². The second kappa shape index (κ2) is 10.5. The topological polar surface area (TPSA) is 96.4 Å². The van der Waals surface area contributed by atoms with Crippen LogP contribution in [0.2, 0.25) is 0 Å². The van der Waals surface area contributed by atoms with Gasteiger partial charge in [0.1, 0.15) is 17.1 Å². The Labute approximate surface area is 229 Å². The van der Waals surface area contributed by atoms with Crippen molar-refractivity contribution in [3.63, 3.8) is 0 Å². The van der Waals surface area contributed by atoms with Gasteiger partial charge in [-0.05, 0) is 56.3 Å². The van der Waals surface area contributed by atoms with Crippen LogP contribution in [0.3, 0.4) is 0 Å². The Morgan fingerprint density at radius 1 is 1.13 bits per heavy atom. The van der Waals surface area contributed by atoms with Crippen molar-refractivity contribution in [1.82, 2.24) is 19.7 Å². The molecule has 3 atom stereocenters. The smallest absolute Gasteiger partial charge is 0.174 e. The van der Waals surface area contributed by atoms with Gasteiger partial charge in [0, 0.05) is 25.7 Å². The molecule has 1 aliphatic carbocycles. The number of nitriles is 1. The van der Waals surface area contributed by atoms with Crippen LogP contribution < -0.4 is 9.47 Å². The second-order valence-electron chi connectivity index (χ2n) is 10.3. The third kappa shape index (κ3) is 4.44. The summed E-state index contributed by atoms with van der Waals surface area (Å²) in [6.45, 7) is 0.955. The molecule has 2 aromatic carbocycles. The van der Waals surface area contributed by atoms with Crippen molar-refractivity contribution < 1.29 is 14.6 Å². The van der Waals surface area contributed by atoms with Crippen molar-refractivity contribution in [2.24, 2.45) is 7.05 Å². The van der Waals surface area contributed by atoms with Crippen LogP contribution in [-0.4, -0.2) is 46.0 Å². The highest BCUT2D eigenvalue weighted by atomic mass is 16.5. The molecule has 0 radical (unpaired) electrons. The molecule has 8 heteroatoms. The van der Waals surface area contributed by atoms with E-state index < -0.39 is 11.2 Å². The van der Waals surface area contributed by atoms with Gasteiger partial charge in [0.15, 0.2) is 5.60 Å². The number of ether oxygens (including phenoxy) is 2. The van der Waals surface area contributed by atoms with Gasteiger partial charge in [0.2, 0.25) is 0 Å². The summed E-state index contributed by atoms with van der Waals surface area (Å²) >= 11 is 0. The number of nitrogens with zero attached hydrogens (tertiary/aromatic N) is 5. The zero-order valence-electron chi connectivity index (χ0n) is 22.7. The van der Waals surface area contributed by atoms with E-state index in [1.165, 1.54) is 5.69 Å². The molecular weight excluding hydrogens is 490 g/mol. The van der Waals surface area contributed by atoms with Crippen molar-refractivity contribution in [2.45, 2.75) is 36.5 Å². The molecule has 1 saturated carbocycles. The number of benzene rings is 2. The maximum atomic E-state index is 12.2. The molecule has 1 fully saturated rings. The first-order valence-electron chi connectivity index (χ1n) is 12.9. The largest absolute Gasteiger partial charge is 0.495 e.